The molecule has 0 bridgehead atoms. The van der Waals surface area contributed by atoms with Crippen LogP contribution in [0.4, 0.5) is 5.69 Å². The van der Waals surface area contributed by atoms with Crippen LogP contribution in [0.1, 0.15) is 24.6 Å². The molecule has 3 N–H and O–H groups in total. The van der Waals surface area contributed by atoms with Crippen molar-refractivity contribution in [2.24, 2.45) is 0 Å². The maximum absolute atomic E-state index is 5.68. The van der Waals surface area contributed by atoms with Gasteiger partial charge in [-0.2, -0.15) is 0 Å². The lowest BCUT2D eigenvalue weighted by molar-refractivity contribution is 0.986. The van der Waals surface area contributed by atoms with Gasteiger partial charge >= 0.3 is 0 Å². The molecule has 1 heterocycles. The van der Waals surface area contributed by atoms with E-state index < -0.39 is 0 Å². The molecule has 2 aromatic rings. The predicted molar refractivity (Wildman–Crippen MR) is 59.7 cm³/mol. The average Bonchev–Trinajstić information content (AvgIpc) is 2.87. The Bertz CT molecular complexity index is 459. The molecule has 74 valence electrons. The molecule has 1 aliphatic carbocycles. The maximum atomic E-state index is 5.68. The highest BCUT2D eigenvalue weighted by Gasteiger charge is 2.26. The molecule has 1 aromatic heterocycles. The van der Waals surface area contributed by atoms with Crippen LogP contribution in [0, 0.1) is 0 Å². The number of imidazole rings is 1. The molecule has 1 aliphatic rings. The zero-order valence-corrected chi connectivity index (χ0v) is 8.47. The highest BCUT2D eigenvalue weighted by atomic mass is 35.5. The second kappa shape index (κ2) is 3.17. The number of aromatic amines is 1. The molecular formula is C10H12ClN3. The van der Waals surface area contributed by atoms with Crippen molar-refractivity contribution in [2.45, 2.75) is 18.8 Å². The van der Waals surface area contributed by atoms with Gasteiger partial charge in [-0.3, -0.25) is 0 Å². The van der Waals surface area contributed by atoms with Gasteiger partial charge in [-0.05, 0) is 31.0 Å². The van der Waals surface area contributed by atoms with Gasteiger partial charge in [0.05, 0.1) is 11.0 Å². The minimum atomic E-state index is 0. The number of hydrogen-bond acceptors (Lipinski definition) is 2. The maximum Gasteiger partial charge on any atom is 0.110 e. The Labute approximate surface area is 88.1 Å². The van der Waals surface area contributed by atoms with Gasteiger partial charge in [0.15, 0.2) is 0 Å². The zero-order chi connectivity index (χ0) is 8.84. The summed E-state index contributed by atoms with van der Waals surface area (Å²) in [5, 5.41) is 0. The molecule has 0 spiro atoms. The smallest absolute Gasteiger partial charge is 0.110 e. The Morgan fingerprint density at radius 3 is 2.86 bits per heavy atom. The lowest BCUT2D eigenvalue weighted by atomic mass is 10.3. The van der Waals surface area contributed by atoms with Crippen molar-refractivity contribution in [1.29, 1.82) is 0 Å². The molecule has 4 heteroatoms. The fourth-order valence-electron chi connectivity index (χ4n) is 1.60. The number of benzene rings is 1. The SMILES string of the molecule is Cl.Nc1ccc2nc(C3CC3)[nH]c2c1. The van der Waals surface area contributed by atoms with Crippen LogP contribution in [0.2, 0.25) is 0 Å². The van der Waals surface area contributed by atoms with Crippen molar-refractivity contribution in [1.82, 2.24) is 9.97 Å². The fourth-order valence-corrected chi connectivity index (χ4v) is 1.60. The molecule has 3 rings (SSSR count). The first-order valence-electron chi connectivity index (χ1n) is 4.58. The summed E-state index contributed by atoms with van der Waals surface area (Å²) in [6.45, 7) is 0. The van der Waals surface area contributed by atoms with Gasteiger partial charge in [0, 0.05) is 11.6 Å². The third-order valence-electron chi connectivity index (χ3n) is 2.49. The van der Waals surface area contributed by atoms with Crippen molar-refractivity contribution < 1.29 is 0 Å². The molecule has 1 saturated carbocycles. The monoisotopic (exact) mass is 209 g/mol. The molecule has 0 atom stereocenters. The Morgan fingerprint density at radius 2 is 2.14 bits per heavy atom. The Kier molecular flexibility index (Phi) is 2.11. The second-order valence-corrected chi connectivity index (χ2v) is 3.67. The molecule has 0 saturated heterocycles. The average molecular weight is 210 g/mol. The van der Waals surface area contributed by atoms with Crippen molar-refractivity contribution in [3.8, 4) is 0 Å². The van der Waals surface area contributed by atoms with Crippen molar-refractivity contribution in [3.05, 3.63) is 24.0 Å². The van der Waals surface area contributed by atoms with Crippen LogP contribution in [0.25, 0.3) is 11.0 Å². The van der Waals surface area contributed by atoms with E-state index in [1.807, 2.05) is 18.2 Å². The fraction of sp³-hybridized carbons (Fsp3) is 0.300. The number of hydrogen-bond donors (Lipinski definition) is 2. The minimum Gasteiger partial charge on any atom is -0.399 e. The summed E-state index contributed by atoms with van der Waals surface area (Å²) in [7, 11) is 0. The first-order valence-corrected chi connectivity index (χ1v) is 4.58. The van der Waals surface area contributed by atoms with Gasteiger partial charge in [-0.15, -0.1) is 12.4 Å². The highest BCUT2D eigenvalue weighted by molar-refractivity contribution is 5.85. The number of fused-ring (bicyclic) bond motifs is 1. The molecule has 3 nitrogen and oxygen atoms in total. The van der Waals surface area contributed by atoms with E-state index in [0.717, 1.165) is 22.5 Å². The van der Waals surface area contributed by atoms with Crippen LogP contribution in [0.15, 0.2) is 18.2 Å². The van der Waals surface area contributed by atoms with E-state index in [-0.39, 0.29) is 12.4 Å². The molecule has 0 unspecified atom stereocenters. The number of aromatic nitrogens is 2. The molecular weight excluding hydrogens is 198 g/mol. The Balaban J connectivity index is 0.000000750. The van der Waals surface area contributed by atoms with Crippen molar-refractivity contribution >= 4 is 29.1 Å². The number of nitrogens with one attached hydrogen (secondary N) is 1. The Morgan fingerprint density at radius 1 is 1.36 bits per heavy atom. The van der Waals surface area contributed by atoms with E-state index in [1.54, 1.807) is 0 Å². The van der Waals surface area contributed by atoms with Crippen molar-refractivity contribution in [2.75, 3.05) is 5.73 Å². The molecule has 0 amide bonds. The van der Waals surface area contributed by atoms with E-state index in [9.17, 15) is 0 Å². The molecule has 1 fully saturated rings. The second-order valence-electron chi connectivity index (χ2n) is 3.67. The highest BCUT2D eigenvalue weighted by Crippen LogP contribution is 2.39. The zero-order valence-electron chi connectivity index (χ0n) is 7.66. The first kappa shape index (κ1) is 9.34. The van der Waals surface area contributed by atoms with Crippen LogP contribution < -0.4 is 5.73 Å². The molecule has 14 heavy (non-hydrogen) atoms. The number of nitrogen functional groups attached to an aromatic ring is 1. The van der Waals surface area contributed by atoms with Crippen LogP contribution in [0.3, 0.4) is 0 Å². The lowest BCUT2D eigenvalue weighted by Crippen LogP contribution is -1.82. The standard InChI is InChI=1S/C10H11N3.ClH/c11-7-3-4-8-9(5-7)13-10(12-8)6-1-2-6;/h3-6H,1-2,11H2,(H,12,13);1H. The number of nitrogens with zero attached hydrogens (tertiary/aromatic N) is 1. The summed E-state index contributed by atoms with van der Waals surface area (Å²) >= 11 is 0. The van der Waals surface area contributed by atoms with Crippen LogP contribution >= 0.6 is 12.4 Å². The number of nitrogens with two attached hydrogens (primary N) is 1. The van der Waals surface area contributed by atoms with E-state index in [0.29, 0.717) is 5.92 Å². The summed E-state index contributed by atoms with van der Waals surface area (Å²) in [5.74, 6) is 1.80. The van der Waals surface area contributed by atoms with Crippen molar-refractivity contribution in [3.63, 3.8) is 0 Å². The van der Waals surface area contributed by atoms with Gasteiger partial charge in [0.2, 0.25) is 0 Å². The number of H-pyrrole nitrogens is 1. The molecule has 1 aromatic carbocycles. The number of halogens is 1. The van der Waals surface area contributed by atoms with E-state index >= 15 is 0 Å². The van der Waals surface area contributed by atoms with Gasteiger partial charge in [0.1, 0.15) is 5.82 Å². The van der Waals surface area contributed by atoms with Crippen LogP contribution in [-0.4, -0.2) is 9.97 Å². The lowest BCUT2D eigenvalue weighted by Gasteiger charge is -1.89. The first-order chi connectivity index (χ1) is 6.33. The topological polar surface area (TPSA) is 54.7 Å². The Hall–Kier alpha value is -1.22. The van der Waals surface area contributed by atoms with Gasteiger partial charge in [-0.1, -0.05) is 0 Å². The number of anilines is 1. The van der Waals surface area contributed by atoms with E-state index in [1.165, 1.54) is 12.8 Å². The predicted octanol–water partition coefficient (Wildman–Crippen LogP) is 2.44. The van der Waals surface area contributed by atoms with Gasteiger partial charge < -0.3 is 10.7 Å². The summed E-state index contributed by atoms with van der Waals surface area (Å²) < 4.78 is 0. The summed E-state index contributed by atoms with van der Waals surface area (Å²) in [5.41, 5.74) is 8.55. The summed E-state index contributed by atoms with van der Waals surface area (Å²) in [6.07, 6.45) is 2.55. The molecule has 0 radical (unpaired) electrons. The summed E-state index contributed by atoms with van der Waals surface area (Å²) in [4.78, 5) is 7.81. The van der Waals surface area contributed by atoms with Crippen LogP contribution in [-0.2, 0) is 0 Å². The van der Waals surface area contributed by atoms with E-state index in [2.05, 4.69) is 9.97 Å². The largest absolute Gasteiger partial charge is 0.399 e. The van der Waals surface area contributed by atoms with E-state index in [4.69, 9.17) is 5.73 Å². The number of rotatable bonds is 1. The minimum absolute atomic E-state index is 0. The summed E-state index contributed by atoms with van der Waals surface area (Å²) in [6, 6.07) is 5.79. The quantitative estimate of drug-likeness (QED) is 0.709. The normalized spacial score (nSPS) is 15.4. The van der Waals surface area contributed by atoms with Gasteiger partial charge in [-0.25, -0.2) is 4.98 Å². The van der Waals surface area contributed by atoms with Gasteiger partial charge in [0.25, 0.3) is 0 Å². The third-order valence-corrected chi connectivity index (χ3v) is 2.49. The molecule has 0 aliphatic heterocycles. The van der Waals surface area contributed by atoms with Crippen LogP contribution in [0.5, 0.6) is 0 Å². The third kappa shape index (κ3) is 1.44.